The summed E-state index contributed by atoms with van der Waals surface area (Å²) in [7, 11) is -30.0. The number of esters is 4. The van der Waals surface area contributed by atoms with E-state index in [4.69, 9.17) is 53.8 Å². The zero-order valence-electron chi connectivity index (χ0n) is 65.9. The van der Waals surface area contributed by atoms with E-state index in [9.17, 15) is 86.5 Å². The minimum atomic E-state index is -4.43. The second-order valence-electron chi connectivity index (χ2n) is 27.8. The first-order chi connectivity index (χ1) is 55.0. The molecule has 35 nitrogen and oxygen atoms in total. The molecule has 0 fully saturated rings. The Bertz CT molecular complexity index is 6070. The van der Waals surface area contributed by atoms with Crippen molar-refractivity contribution in [2.24, 2.45) is 0 Å². The van der Waals surface area contributed by atoms with Crippen LogP contribution >= 0.6 is 0 Å². The maximum atomic E-state index is 14.5. The van der Waals surface area contributed by atoms with Crippen molar-refractivity contribution < 1.29 is 123 Å². The number of fused-ring (bicyclic) bond motifs is 20. The SMILES string of the molecule is C=CCOC(=O)CN(C)S(=O)(=O)CCCS(=O)(=O)c1ccc2c3nc4nc(nc5[n-]c(nc6nc(cc([n-]3)c2c1)-c1cc(S(=O)(=O)CCCS(=O)(=O)N(C)CC(=O)OCCCC)ccc1-6)c1ccc(S(=O)(=O)CCCS(=O)(=O)N(C)CC(=O)OCCCCC)cc51)-c1cc(S(=O)(=O)CCCS(=O)(=O)N(C)CC(=O)OCCCCC)ccc1-4.[Cu+2]. The van der Waals surface area contributed by atoms with Gasteiger partial charge in [-0.25, -0.2) is 77.3 Å². The Balaban J connectivity index is 0.0000174. The summed E-state index contributed by atoms with van der Waals surface area (Å²) in [5.74, 6) is -9.67. The molecule has 1 radical (unpaired) electrons. The van der Waals surface area contributed by atoms with Crippen LogP contribution < -0.4 is 9.97 Å². The molecule has 0 N–H and O–H groups in total. The molecular formula is C74H93CuN11O24S8. The van der Waals surface area contributed by atoms with Crippen LogP contribution in [0.1, 0.15) is 97.8 Å². The van der Waals surface area contributed by atoms with Crippen molar-refractivity contribution in [1.82, 2.24) is 52.1 Å². The average Bonchev–Trinajstić information content (AvgIpc) is 1.59. The Morgan fingerprint density at radius 2 is 0.686 bits per heavy atom. The van der Waals surface area contributed by atoms with Gasteiger partial charge in [-0.15, -0.1) is 0 Å². The predicted octanol–water partition coefficient (Wildman–Crippen LogP) is 5.97. The van der Waals surface area contributed by atoms with Crippen molar-refractivity contribution in [2.45, 2.75) is 117 Å². The second-order valence-corrected chi connectivity index (χ2v) is 45.1. The fourth-order valence-corrected chi connectivity index (χ4v) is 22.7. The maximum absolute atomic E-state index is 14.5. The number of rotatable bonds is 45. The first-order valence-electron chi connectivity index (χ1n) is 37.4. The molecular weight excluding hydrogens is 1750 g/mol. The molecule has 4 aromatic carbocycles. The van der Waals surface area contributed by atoms with E-state index in [1.807, 2.05) is 20.8 Å². The molecule has 5 heterocycles. The molecule has 2 aliphatic heterocycles. The van der Waals surface area contributed by atoms with Crippen molar-refractivity contribution in [3.05, 3.63) is 91.5 Å². The number of aromatic nitrogens is 7. The summed E-state index contributed by atoms with van der Waals surface area (Å²) >= 11 is 0. The molecule has 0 atom stereocenters. The first kappa shape index (κ1) is 95.4. The molecule has 0 spiro atoms. The molecule has 0 saturated heterocycles. The molecule has 44 heteroatoms. The molecule has 8 bridgehead atoms. The molecule has 0 amide bonds. The third kappa shape index (κ3) is 24.4. The van der Waals surface area contributed by atoms with E-state index in [1.165, 1.54) is 84.9 Å². The molecule has 0 saturated carbocycles. The Hall–Kier alpha value is -8.11. The van der Waals surface area contributed by atoms with E-state index in [1.54, 1.807) is 0 Å². The van der Waals surface area contributed by atoms with Crippen LogP contribution in [0.3, 0.4) is 0 Å². The Morgan fingerprint density at radius 1 is 0.356 bits per heavy atom. The van der Waals surface area contributed by atoms with Crippen molar-refractivity contribution in [3.8, 4) is 45.4 Å². The van der Waals surface area contributed by atoms with Crippen molar-refractivity contribution >= 4 is 147 Å². The van der Waals surface area contributed by atoms with Crippen molar-refractivity contribution in [3.63, 3.8) is 0 Å². The van der Waals surface area contributed by atoms with Gasteiger partial charge in [-0.05, 0) is 132 Å². The fourth-order valence-electron chi connectivity index (χ4n) is 12.2. The summed E-state index contributed by atoms with van der Waals surface area (Å²) in [6.45, 7) is 6.77. The molecule has 647 valence electrons. The van der Waals surface area contributed by atoms with Gasteiger partial charge >= 0.3 is 40.9 Å². The van der Waals surface area contributed by atoms with E-state index in [2.05, 4.69) is 6.58 Å². The third-order valence-electron chi connectivity index (χ3n) is 18.9. The molecule has 0 aliphatic carbocycles. The fraction of sp³-hybridized carbons (Fsp3) is 0.473. The Kier molecular flexibility index (Phi) is 32.7. The van der Waals surface area contributed by atoms with E-state index in [0.717, 1.165) is 71.1 Å². The Labute approximate surface area is 697 Å². The van der Waals surface area contributed by atoms with E-state index < -0.39 is 201 Å². The van der Waals surface area contributed by atoms with Crippen molar-refractivity contribution in [1.29, 1.82) is 0 Å². The summed E-state index contributed by atoms with van der Waals surface area (Å²) in [5, 5.41) is 0.276. The topological polar surface area (TPSA) is 484 Å². The predicted molar refractivity (Wildman–Crippen MR) is 437 cm³/mol. The molecule has 3 aromatic heterocycles. The van der Waals surface area contributed by atoms with E-state index in [-0.39, 0.29) is 153 Å². The van der Waals surface area contributed by atoms with Crippen LogP contribution in [0.4, 0.5) is 0 Å². The largest absolute Gasteiger partial charge is 2.00 e. The average molecular weight is 1840 g/mol. The quantitative estimate of drug-likeness (QED) is 0.0139. The van der Waals surface area contributed by atoms with Gasteiger partial charge in [0.05, 0.1) is 109 Å². The van der Waals surface area contributed by atoms with Gasteiger partial charge in [0, 0.05) is 61.7 Å². The van der Waals surface area contributed by atoms with Crippen LogP contribution in [-0.2, 0) is 135 Å². The summed E-state index contributed by atoms with van der Waals surface area (Å²) in [4.78, 5) is 82.5. The van der Waals surface area contributed by atoms with Crippen molar-refractivity contribution in [2.75, 3.05) is 127 Å². The van der Waals surface area contributed by atoms with Crippen LogP contribution in [0.15, 0.2) is 111 Å². The maximum Gasteiger partial charge on any atom is 2.00 e. The normalized spacial score (nSPS) is 12.9. The third-order valence-corrected chi connectivity index (χ3v) is 33.6. The van der Waals surface area contributed by atoms with E-state index >= 15 is 0 Å². The number of unbranched alkanes of at least 4 members (excludes halogenated alkanes) is 5. The van der Waals surface area contributed by atoms with Gasteiger partial charge < -0.3 is 43.9 Å². The smallest absolute Gasteiger partial charge is 0.465 e. The summed E-state index contributed by atoms with van der Waals surface area (Å²) in [6.07, 6.45) is 5.19. The minimum absolute atomic E-state index is 0. The zero-order chi connectivity index (χ0) is 85.6. The van der Waals surface area contributed by atoms with Gasteiger partial charge in [-0.1, -0.05) is 89.8 Å². The summed E-state index contributed by atoms with van der Waals surface area (Å²) < 4.78 is 246. The monoisotopic (exact) mass is 1840 g/mol. The molecule has 7 aromatic rings. The van der Waals surface area contributed by atoms with E-state index in [0.29, 0.717) is 25.7 Å². The zero-order valence-corrected chi connectivity index (χ0v) is 73.3. The number of benzene rings is 4. The number of carbonyl (C=O) groups is 4. The van der Waals surface area contributed by atoms with Crippen LogP contribution in [0.25, 0.3) is 89.4 Å². The van der Waals surface area contributed by atoms with Gasteiger partial charge in [0.25, 0.3) is 0 Å². The number of sulfone groups is 4. The number of carbonyl (C=O) groups excluding carboxylic acids is 4. The second kappa shape index (κ2) is 40.5. The summed E-state index contributed by atoms with van der Waals surface area (Å²) in [5.41, 5.74) is -0.516. The number of sulfonamides is 4. The minimum Gasteiger partial charge on any atom is -0.465 e. The molecule has 0 unspecified atom stereocenters. The van der Waals surface area contributed by atoms with Gasteiger partial charge in [0.2, 0.25) is 40.1 Å². The van der Waals surface area contributed by atoms with Gasteiger partial charge in [0.15, 0.2) is 39.3 Å². The first-order valence-corrected chi connectivity index (χ1v) is 50.4. The van der Waals surface area contributed by atoms with Gasteiger partial charge in [-0.3, -0.25) is 19.2 Å². The van der Waals surface area contributed by atoms with Gasteiger partial charge in [0.1, 0.15) is 32.8 Å². The van der Waals surface area contributed by atoms with Crippen LogP contribution in [-0.4, -0.2) is 260 Å². The van der Waals surface area contributed by atoms with Crippen LogP contribution in [0.2, 0.25) is 0 Å². The molecule has 9 rings (SSSR count). The Morgan fingerprint density at radius 3 is 1.10 bits per heavy atom. The number of hydrogen-bond acceptors (Lipinski definition) is 29. The van der Waals surface area contributed by atoms with Crippen LogP contribution in [0.5, 0.6) is 0 Å². The standard InChI is InChI=1S/C74H93N11O24S8.Cu/c1-9-13-16-32-108-67(88)49-84(7)116(102,103)40-20-36-112(94,95)53-24-28-57-61(44-53)73-79-71(57)77-69-55-26-22-51(110(90,91)34-18-38-114(98,99)82(5)47-65(86)106-30-12-4)42-59(55)63(75-69)46-64-60-43-52(111(92,93)35-19-39-115(100,101)83(6)48-66(87)107-31-15-11-3)23-27-56(60)70(76-64)78-72-58-29-25-54(45-62(58)74(80-72)81-73)113(96,97)37-21-41-117(104,105)85(8)50-68(89)109-33-17-14-10-2;/h12,22-29,42-46H,4,9-11,13-21,30-41,47-50H2,1-3,5-8H3;/q-2;+2. The number of hydrogen-bond donors (Lipinski definition) is 0. The number of nitrogens with zero attached hydrogens (tertiary/aromatic N) is 11. The summed E-state index contributed by atoms with van der Waals surface area (Å²) in [6, 6.07) is 16.5. The number of likely N-dealkylation sites (N-methyl/N-ethyl adjacent to an activating group) is 4. The molecule has 2 aliphatic rings. The number of ether oxygens (including phenoxy) is 4. The molecule has 118 heavy (non-hydrogen) atoms. The van der Waals surface area contributed by atoms with Crippen LogP contribution in [0, 0.1) is 0 Å². The van der Waals surface area contributed by atoms with Gasteiger partial charge in [-0.2, -0.15) is 17.2 Å².